The molecule has 1 unspecified atom stereocenters. The highest BCUT2D eigenvalue weighted by Gasteiger charge is 2.32. The van der Waals surface area contributed by atoms with Crippen molar-refractivity contribution in [1.82, 2.24) is 20.2 Å². The van der Waals surface area contributed by atoms with Gasteiger partial charge in [-0.15, -0.1) is 0 Å². The van der Waals surface area contributed by atoms with Gasteiger partial charge in [-0.25, -0.2) is 9.37 Å². The number of aromatic nitrogens is 2. The molecular weight excluding hydrogens is 499 g/mol. The summed E-state index contributed by atoms with van der Waals surface area (Å²) in [6.45, 7) is 0.423. The van der Waals surface area contributed by atoms with E-state index in [1.54, 1.807) is 20.3 Å². The van der Waals surface area contributed by atoms with Gasteiger partial charge in [-0.2, -0.15) is 0 Å². The molecule has 1 N–H and O–H groups in total. The van der Waals surface area contributed by atoms with Gasteiger partial charge in [0.05, 0.1) is 20.4 Å². The molecule has 39 heavy (non-hydrogen) atoms. The average Bonchev–Trinajstić information content (AvgIpc) is 2.99. The van der Waals surface area contributed by atoms with Gasteiger partial charge in [0.25, 0.3) is 5.91 Å². The fourth-order valence-corrected chi connectivity index (χ4v) is 4.19. The summed E-state index contributed by atoms with van der Waals surface area (Å²) in [6.07, 6.45) is 4.64. The third kappa shape index (κ3) is 6.95. The molecule has 0 bridgehead atoms. The van der Waals surface area contributed by atoms with Crippen LogP contribution in [0.2, 0.25) is 0 Å². The van der Waals surface area contributed by atoms with Crippen LogP contribution in [0.5, 0.6) is 11.5 Å². The minimum absolute atomic E-state index is 0.0905. The number of nitrogens with zero attached hydrogens (tertiary/aromatic N) is 3. The number of amides is 2. The van der Waals surface area contributed by atoms with Crippen molar-refractivity contribution in [2.24, 2.45) is 0 Å². The number of hydrogen-bond donors (Lipinski definition) is 1. The molecule has 0 saturated heterocycles. The van der Waals surface area contributed by atoms with Crippen LogP contribution >= 0.6 is 0 Å². The Hall–Kier alpha value is -4.79. The van der Waals surface area contributed by atoms with Crippen molar-refractivity contribution in [2.45, 2.75) is 19.0 Å². The fraction of sp³-hybridized carbons (Fsp3) is 0.200. The summed E-state index contributed by atoms with van der Waals surface area (Å²) >= 11 is 0. The largest absolute Gasteiger partial charge is 0.493 e. The Bertz CT molecular complexity index is 1390. The van der Waals surface area contributed by atoms with Crippen LogP contribution in [0.3, 0.4) is 0 Å². The first kappa shape index (κ1) is 27.3. The number of halogens is 1. The van der Waals surface area contributed by atoms with Crippen molar-refractivity contribution in [1.29, 1.82) is 0 Å². The monoisotopic (exact) mass is 528 g/mol. The molecule has 8 nitrogen and oxygen atoms in total. The molecule has 2 amide bonds. The summed E-state index contributed by atoms with van der Waals surface area (Å²) in [5, 5.41) is 2.93. The summed E-state index contributed by atoms with van der Waals surface area (Å²) in [4.78, 5) is 37.1. The fourth-order valence-electron chi connectivity index (χ4n) is 4.19. The van der Waals surface area contributed by atoms with Gasteiger partial charge in [-0.3, -0.25) is 14.6 Å². The molecule has 0 fully saturated rings. The smallest absolute Gasteiger partial charge is 0.275 e. The molecule has 9 heteroatoms. The van der Waals surface area contributed by atoms with E-state index in [1.165, 1.54) is 47.8 Å². The van der Waals surface area contributed by atoms with Crippen LogP contribution in [0.4, 0.5) is 4.39 Å². The number of rotatable bonds is 11. The van der Waals surface area contributed by atoms with Gasteiger partial charge < -0.3 is 19.7 Å². The van der Waals surface area contributed by atoms with Crippen LogP contribution < -0.4 is 14.8 Å². The van der Waals surface area contributed by atoms with Crippen molar-refractivity contribution in [2.75, 3.05) is 20.8 Å². The number of carbonyl (C=O) groups excluding carboxylic acids is 2. The van der Waals surface area contributed by atoms with E-state index in [4.69, 9.17) is 9.47 Å². The Labute approximate surface area is 226 Å². The number of hydrogen-bond acceptors (Lipinski definition) is 6. The summed E-state index contributed by atoms with van der Waals surface area (Å²) < 4.78 is 24.6. The molecule has 3 aromatic carbocycles. The minimum Gasteiger partial charge on any atom is -0.493 e. The molecular formula is C30H29FN4O4. The summed E-state index contributed by atoms with van der Waals surface area (Å²) in [7, 11) is 3.10. The Morgan fingerprint density at radius 3 is 2.33 bits per heavy atom. The predicted octanol–water partition coefficient (Wildman–Crippen LogP) is 4.38. The second kappa shape index (κ2) is 13.1. The predicted molar refractivity (Wildman–Crippen MR) is 144 cm³/mol. The van der Waals surface area contributed by atoms with E-state index < -0.39 is 23.7 Å². The minimum atomic E-state index is -1.05. The van der Waals surface area contributed by atoms with E-state index in [0.29, 0.717) is 23.5 Å². The van der Waals surface area contributed by atoms with E-state index in [1.807, 2.05) is 42.5 Å². The second-order valence-corrected chi connectivity index (χ2v) is 8.69. The van der Waals surface area contributed by atoms with Gasteiger partial charge in [0.15, 0.2) is 11.5 Å². The van der Waals surface area contributed by atoms with E-state index in [0.717, 1.165) is 11.1 Å². The molecule has 1 atom stereocenters. The normalized spacial score (nSPS) is 11.4. The first-order valence-electron chi connectivity index (χ1n) is 12.3. The summed E-state index contributed by atoms with van der Waals surface area (Å²) in [6, 6.07) is 19.4. The average molecular weight is 529 g/mol. The maximum Gasteiger partial charge on any atom is 0.275 e. The Balaban J connectivity index is 1.69. The van der Waals surface area contributed by atoms with Gasteiger partial charge in [0, 0.05) is 25.5 Å². The number of nitrogens with one attached hydrogen (secondary N) is 1. The lowest BCUT2D eigenvalue weighted by molar-refractivity contribution is -0.126. The molecule has 0 aliphatic heterocycles. The van der Waals surface area contributed by atoms with Gasteiger partial charge >= 0.3 is 0 Å². The van der Waals surface area contributed by atoms with Gasteiger partial charge in [-0.05, 0) is 47.4 Å². The van der Waals surface area contributed by atoms with Crippen molar-refractivity contribution >= 4 is 11.8 Å². The highest BCUT2D eigenvalue weighted by molar-refractivity contribution is 5.96. The van der Waals surface area contributed by atoms with E-state index in [2.05, 4.69) is 15.3 Å². The highest BCUT2D eigenvalue weighted by atomic mass is 19.1. The zero-order valence-corrected chi connectivity index (χ0v) is 21.7. The maximum atomic E-state index is 13.8. The van der Waals surface area contributed by atoms with Gasteiger partial charge in [-0.1, -0.05) is 48.5 Å². The molecule has 1 heterocycles. The standard InChI is InChI=1S/C30H29FN4O4/c1-38-26-13-8-21(18-27(26)39-2)14-17-35(30(37)25-20-32-15-16-33-25)28(23-9-11-24(31)12-10-23)29(36)34-19-22-6-4-3-5-7-22/h3-13,15-16,18,20,28H,14,17,19H2,1-2H3,(H,34,36). The molecule has 0 spiro atoms. The lowest BCUT2D eigenvalue weighted by atomic mass is 10.0. The van der Waals surface area contributed by atoms with Crippen molar-refractivity contribution in [3.05, 3.63) is 120 Å². The summed E-state index contributed by atoms with van der Waals surface area (Å²) in [5.74, 6) is -0.196. The molecule has 1 aromatic heterocycles. The number of benzene rings is 3. The molecule has 200 valence electrons. The molecule has 4 rings (SSSR count). The van der Waals surface area contributed by atoms with Crippen molar-refractivity contribution < 1.29 is 23.5 Å². The maximum absolute atomic E-state index is 13.8. The van der Waals surface area contributed by atoms with E-state index in [9.17, 15) is 14.0 Å². The molecule has 4 aromatic rings. The Kier molecular flexibility index (Phi) is 9.18. The number of carbonyl (C=O) groups is 2. The summed E-state index contributed by atoms with van der Waals surface area (Å²) in [5.41, 5.74) is 2.33. The highest BCUT2D eigenvalue weighted by Crippen LogP contribution is 2.29. The second-order valence-electron chi connectivity index (χ2n) is 8.69. The van der Waals surface area contributed by atoms with E-state index >= 15 is 0 Å². The zero-order chi connectivity index (χ0) is 27.6. The Morgan fingerprint density at radius 1 is 0.923 bits per heavy atom. The SMILES string of the molecule is COc1ccc(CCN(C(=O)c2cnccn2)C(C(=O)NCc2ccccc2)c2ccc(F)cc2)cc1OC. The number of ether oxygens (including phenoxy) is 2. The topological polar surface area (TPSA) is 93.7 Å². The van der Waals surface area contributed by atoms with Crippen molar-refractivity contribution in [3.8, 4) is 11.5 Å². The van der Waals surface area contributed by atoms with Crippen molar-refractivity contribution in [3.63, 3.8) is 0 Å². The van der Waals surface area contributed by atoms with Crippen LogP contribution in [0, 0.1) is 5.82 Å². The third-order valence-electron chi connectivity index (χ3n) is 6.19. The molecule has 0 radical (unpaired) electrons. The van der Waals surface area contributed by atoms with Crippen LogP contribution in [0.25, 0.3) is 0 Å². The quantitative estimate of drug-likeness (QED) is 0.311. The van der Waals surface area contributed by atoms with Crippen LogP contribution in [0.15, 0.2) is 91.4 Å². The van der Waals surface area contributed by atoms with Crippen LogP contribution in [0.1, 0.15) is 33.2 Å². The lowest BCUT2D eigenvalue weighted by Gasteiger charge is -2.31. The first-order valence-corrected chi connectivity index (χ1v) is 12.3. The number of methoxy groups -OCH3 is 2. The van der Waals surface area contributed by atoms with Gasteiger partial charge in [0.1, 0.15) is 17.6 Å². The van der Waals surface area contributed by atoms with Gasteiger partial charge in [0.2, 0.25) is 5.91 Å². The lowest BCUT2D eigenvalue weighted by Crippen LogP contribution is -2.44. The zero-order valence-electron chi connectivity index (χ0n) is 21.7. The van der Waals surface area contributed by atoms with E-state index in [-0.39, 0.29) is 18.8 Å². The molecule has 0 aliphatic carbocycles. The van der Waals surface area contributed by atoms with Crippen LogP contribution in [-0.4, -0.2) is 47.4 Å². The molecule has 0 saturated carbocycles. The Morgan fingerprint density at radius 2 is 1.67 bits per heavy atom. The molecule has 0 aliphatic rings. The first-order chi connectivity index (χ1) is 19.0. The third-order valence-corrected chi connectivity index (χ3v) is 6.19. The van der Waals surface area contributed by atoms with Crippen LogP contribution in [-0.2, 0) is 17.8 Å².